The van der Waals surface area contributed by atoms with Gasteiger partial charge in [-0.2, -0.15) is 0 Å². The van der Waals surface area contributed by atoms with E-state index in [1.165, 1.54) is 6.92 Å². The van der Waals surface area contributed by atoms with E-state index >= 15 is 0 Å². The van der Waals surface area contributed by atoms with Gasteiger partial charge in [-0.05, 0) is 0 Å². The molecule has 1 heterocycles. The van der Waals surface area contributed by atoms with Crippen molar-refractivity contribution < 1.29 is 42.9 Å². The fourth-order valence-electron chi connectivity index (χ4n) is 2.11. The lowest BCUT2D eigenvalue weighted by molar-refractivity contribution is -0.268. The Morgan fingerprint density at radius 1 is 0.833 bits per heavy atom. The number of ether oxygens (including phenoxy) is 5. The number of hydrogen-bond acceptors (Lipinski definition) is 9. The summed E-state index contributed by atoms with van der Waals surface area (Å²) in [5, 5.41) is -1.09. The van der Waals surface area contributed by atoms with Gasteiger partial charge in [0.15, 0.2) is 12.2 Å². The molecular weight excluding hydrogens is 348 g/mol. The van der Waals surface area contributed by atoms with Gasteiger partial charge in [0.05, 0.1) is 0 Å². The quantitative estimate of drug-likeness (QED) is 0.385. The highest BCUT2D eigenvalue weighted by Crippen LogP contribution is 2.31. The minimum atomic E-state index is -1.33. The summed E-state index contributed by atoms with van der Waals surface area (Å²) in [6.07, 6.45) is -4.62. The highest BCUT2D eigenvalue weighted by Gasteiger charge is 2.50. The van der Waals surface area contributed by atoms with E-state index < -0.39 is 53.9 Å². The maximum atomic E-state index is 11.3. The topological polar surface area (TPSA) is 114 Å². The number of carbonyl (C=O) groups excluding carboxylic acids is 4. The molecule has 1 fully saturated rings. The summed E-state index contributed by atoms with van der Waals surface area (Å²) in [5.41, 5.74) is 0. The predicted molar refractivity (Wildman–Crippen MR) is 77.8 cm³/mol. The summed E-state index contributed by atoms with van der Waals surface area (Å²) < 4.78 is 25.4. The van der Waals surface area contributed by atoms with Crippen molar-refractivity contribution in [3.8, 4) is 0 Å². The third kappa shape index (κ3) is 5.97. The van der Waals surface area contributed by atoms with Gasteiger partial charge in [0.2, 0.25) is 6.29 Å². The molecule has 0 saturated carbocycles. The second-order valence-electron chi connectivity index (χ2n) is 5.05. The van der Waals surface area contributed by atoms with Crippen LogP contribution in [0.5, 0.6) is 0 Å². The Morgan fingerprint density at radius 2 is 1.33 bits per heavy atom. The van der Waals surface area contributed by atoms with E-state index in [1.54, 1.807) is 0 Å². The number of hydrogen-bond donors (Lipinski definition) is 0. The van der Waals surface area contributed by atoms with Crippen LogP contribution in [-0.4, -0.2) is 60.5 Å². The molecule has 1 saturated heterocycles. The molecule has 0 amide bonds. The molecule has 1 aliphatic rings. The zero-order valence-electron chi connectivity index (χ0n) is 13.6. The van der Waals surface area contributed by atoms with Gasteiger partial charge in [-0.3, -0.25) is 19.2 Å². The van der Waals surface area contributed by atoms with Crippen LogP contribution in [0.25, 0.3) is 0 Å². The van der Waals surface area contributed by atoms with Gasteiger partial charge < -0.3 is 23.7 Å². The van der Waals surface area contributed by atoms with E-state index in [4.69, 9.17) is 35.3 Å². The predicted octanol–water partition coefficient (Wildman–Crippen LogP) is 0.308. The normalized spacial score (nSPS) is 29.3. The molecule has 1 aliphatic heterocycles. The number of esters is 4. The summed E-state index contributed by atoms with van der Waals surface area (Å²) in [7, 11) is 0. The Bertz CT molecular complexity index is 504. The standard InChI is InChI=1S/C14H19ClO9/c1-6(16)20-5-10-12(21-7(2)17)11(15)13(22-8(3)18)14(24-10)23-9(4)19/h10-14H,5H2,1-4H3/t10-,11+,12-,13-,14+/m1/s1. The van der Waals surface area contributed by atoms with E-state index in [1.807, 2.05) is 0 Å². The second kappa shape index (κ2) is 8.84. The molecule has 1 rings (SSSR count). The van der Waals surface area contributed by atoms with Crippen LogP contribution in [0.1, 0.15) is 27.7 Å². The third-order valence-corrected chi connectivity index (χ3v) is 3.41. The van der Waals surface area contributed by atoms with Crippen LogP contribution in [0.15, 0.2) is 0 Å². The average Bonchev–Trinajstić information content (AvgIpc) is 2.42. The Balaban J connectivity index is 3.04. The second-order valence-corrected chi connectivity index (χ2v) is 5.55. The van der Waals surface area contributed by atoms with Crippen molar-refractivity contribution in [2.75, 3.05) is 6.61 Å². The first-order valence-corrected chi connectivity index (χ1v) is 7.50. The van der Waals surface area contributed by atoms with Gasteiger partial charge in [0, 0.05) is 27.7 Å². The summed E-state index contributed by atoms with van der Waals surface area (Å²) in [4.78, 5) is 44.8. The van der Waals surface area contributed by atoms with Crippen LogP contribution in [0.3, 0.4) is 0 Å². The molecule has 0 aromatic heterocycles. The first-order valence-electron chi connectivity index (χ1n) is 7.06. The summed E-state index contributed by atoms with van der Waals surface area (Å²) in [6.45, 7) is 4.33. The SMILES string of the molecule is CC(=O)OC[C@H]1O[C@H](OC(C)=O)[C@H](OC(C)=O)[C@@H](Cl)[C@@H]1OC(C)=O. The number of halogens is 1. The maximum Gasteiger partial charge on any atom is 0.305 e. The van der Waals surface area contributed by atoms with Crippen LogP contribution in [0.4, 0.5) is 0 Å². The first kappa shape index (κ1) is 20.2. The van der Waals surface area contributed by atoms with Crippen molar-refractivity contribution in [1.82, 2.24) is 0 Å². The van der Waals surface area contributed by atoms with Gasteiger partial charge >= 0.3 is 23.9 Å². The van der Waals surface area contributed by atoms with E-state index in [0.717, 1.165) is 20.8 Å². The molecule has 0 radical (unpaired) electrons. The molecule has 5 atom stereocenters. The Hall–Kier alpha value is -1.87. The van der Waals surface area contributed by atoms with E-state index in [-0.39, 0.29) is 6.61 Å². The smallest absolute Gasteiger partial charge is 0.305 e. The largest absolute Gasteiger partial charge is 0.463 e. The third-order valence-electron chi connectivity index (χ3n) is 2.91. The van der Waals surface area contributed by atoms with E-state index in [2.05, 4.69) is 0 Å². The number of rotatable bonds is 5. The molecule has 0 aromatic carbocycles. The molecule has 136 valence electrons. The molecule has 0 unspecified atom stereocenters. The van der Waals surface area contributed by atoms with Crippen LogP contribution >= 0.6 is 11.6 Å². The lowest BCUT2D eigenvalue weighted by Gasteiger charge is -2.42. The lowest BCUT2D eigenvalue weighted by Crippen LogP contribution is -2.60. The van der Waals surface area contributed by atoms with Gasteiger partial charge in [-0.1, -0.05) is 0 Å². The molecule has 0 aromatic rings. The molecule has 9 nitrogen and oxygen atoms in total. The minimum absolute atomic E-state index is 0.291. The van der Waals surface area contributed by atoms with Crippen molar-refractivity contribution in [1.29, 1.82) is 0 Å². The monoisotopic (exact) mass is 366 g/mol. The van der Waals surface area contributed by atoms with Crippen LogP contribution in [0.2, 0.25) is 0 Å². The van der Waals surface area contributed by atoms with Crippen LogP contribution < -0.4 is 0 Å². The zero-order chi connectivity index (χ0) is 18.4. The molecule has 10 heteroatoms. The minimum Gasteiger partial charge on any atom is -0.463 e. The Morgan fingerprint density at radius 3 is 1.79 bits per heavy atom. The fraction of sp³-hybridized carbons (Fsp3) is 0.714. The van der Waals surface area contributed by atoms with Crippen molar-refractivity contribution in [2.24, 2.45) is 0 Å². The number of alkyl halides is 1. The highest BCUT2D eigenvalue weighted by molar-refractivity contribution is 6.21. The molecule has 0 spiro atoms. The Kier molecular flexibility index (Phi) is 7.43. The molecule has 0 N–H and O–H groups in total. The molecule has 24 heavy (non-hydrogen) atoms. The first-order chi connectivity index (χ1) is 11.1. The van der Waals surface area contributed by atoms with Gasteiger partial charge in [0.25, 0.3) is 0 Å². The van der Waals surface area contributed by atoms with Crippen LogP contribution in [0, 0.1) is 0 Å². The van der Waals surface area contributed by atoms with Crippen molar-refractivity contribution in [2.45, 2.75) is 57.7 Å². The fourth-order valence-corrected chi connectivity index (χ4v) is 2.49. The van der Waals surface area contributed by atoms with Gasteiger partial charge in [0.1, 0.15) is 18.1 Å². The maximum absolute atomic E-state index is 11.3. The summed E-state index contributed by atoms with van der Waals surface area (Å²) in [5.74, 6) is -2.63. The zero-order valence-corrected chi connectivity index (χ0v) is 14.4. The summed E-state index contributed by atoms with van der Waals surface area (Å²) >= 11 is 6.26. The van der Waals surface area contributed by atoms with Crippen LogP contribution in [-0.2, 0) is 42.9 Å². The average molecular weight is 367 g/mol. The van der Waals surface area contributed by atoms with Gasteiger partial charge in [-0.25, -0.2) is 0 Å². The van der Waals surface area contributed by atoms with E-state index in [9.17, 15) is 19.2 Å². The molecule has 0 aliphatic carbocycles. The van der Waals surface area contributed by atoms with E-state index in [0.29, 0.717) is 0 Å². The van der Waals surface area contributed by atoms with Crippen molar-refractivity contribution in [3.05, 3.63) is 0 Å². The van der Waals surface area contributed by atoms with Crippen molar-refractivity contribution in [3.63, 3.8) is 0 Å². The highest BCUT2D eigenvalue weighted by atomic mass is 35.5. The molecule has 0 bridgehead atoms. The van der Waals surface area contributed by atoms with Crippen molar-refractivity contribution >= 4 is 35.5 Å². The van der Waals surface area contributed by atoms with Gasteiger partial charge in [-0.15, -0.1) is 11.6 Å². The Labute approximate surface area is 143 Å². The lowest BCUT2D eigenvalue weighted by atomic mass is 10.0. The molecular formula is C14H19ClO9. The number of carbonyl (C=O) groups is 4. The summed E-state index contributed by atoms with van der Waals surface area (Å²) in [6, 6.07) is 0.